The van der Waals surface area contributed by atoms with E-state index in [2.05, 4.69) is 4.74 Å². The first-order chi connectivity index (χ1) is 5.10. The molecule has 0 aliphatic rings. The van der Waals surface area contributed by atoms with Crippen LogP contribution in [0.3, 0.4) is 0 Å². The first kappa shape index (κ1) is 16.7. The van der Waals surface area contributed by atoms with E-state index in [1.165, 1.54) is 0 Å². The fourth-order valence-corrected chi connectivity index (χ4v) is 0. The predicted molar refractivity (Wildman–Crippen MR) is 40.1 cm³/mol. The second kappa shape index (κ2) is 22.8. The third-order valence-corrected chi connectivity index (χ3v) is 0.365. The molecule has 0 rings (SSSR count). The van der Waals surface area contributed by atoms with Crippen molar-refractivity contribution in [1.29, 1.82) is 0 Å². The van der Waals surface area contributed by atoms with Gasteiger partial charge in [-0.25, -0.2) is 0 Å². The van der Waals surface area contributed by atoms with Crippen LogP contribution in [0, 0.1) is 0 Å². The van der Waals surface area contributed by atoms with E-state index in [4.69, 9.17) is 20.1 Å². The van der Waals surface area contributed by atoms with Crippen LogP contribution in [0.1, 0.15) is 13.3 Å². The van der Waals surface area contributed by atoms with Crippen molar-refractivity contribution >= 4 is 6.47 Å². The van der Waals surface area contributed by atoms with Crippen LogP contribution in [0.2, 0.25) is 0 Å². The van der Waals surface area contributed by atoms with E-state index < -0.39 is 6.29 Å². The van der Waals surface area contributed by atoms with Crippen LogP contribution in [0.15, 0.2) is 0 Å². The number of hydrogen-bond acceptors (Lipinski definition) is 4. The number of aliphatic hydroxyl groups is 2. The molecule has 0 bridgehead atoms. The van der Waals surface area contributed by atoms with Crippen molar-refractivity contribution in [2.75, 3.05) is 14.2 Å². The summed E-state index contributed by atoms with van der Waals surface area (Å²) >= 11 is 0. The summed E-state index contributed by atoms with van der Waals surface area (Å²) in [7, 11) is 3.25. The Morgan fingerprint density at radius 1 is 1.45 bits per heavy atom. The number of ether oxygens (including phenoxy) is 1. The first-order valence-electron chi connectivity index (χ1n) is 2.94. The van der Waals surface area contributed by atoms with Gasteiger partial charge in [0.25, 0.3) is 6.47 Å². The monoisotopic (exact) mass is 168 g/mol. The van der Waals surface area contributed by atoms with Gasteiger partial charge < -0.3 is 20.1 Å². The maximum absolute atomic E-state index is 8.36. The average Bonchev–Trinajstić information content (AvgIpc) is 1.91. The van der Waals surface area contributed by atoms with E-state index in [0.717, 1.165) is 0 Å². The van der Waals surface area contributed by atoms with Gasteiger partial charge in [0.05, 0.1) is 0 Å². The summed E-state index contributed by atoms with van der Waals surface area (Å²) in [5.41, 5.74) is 0. The normalized spacial score (nSPS) is 7.09. The maximum Gasteiger partial charge on any atom is 0.290 e. The van der Waals surface area contributed by atoms with Gasteiger partial charge in [-0.05, 0) is 6.42 Å². The zero-order valence-electron chi connectivity index (χ0n) is 7.02. The SMILES string of the molecule is CCC(O)O.COC.O=CO. The minimum atomic E-state index is -1.12. The summed E-state index contributed by atoms with van der Waals surface area (Å²) in [5.74, 6) is 0. The molecular formula is C6H16O5. The Hall–Kier alpha value is -0.650. The Morgan fingerprint density at radius 3 is 1.55 bits per heavy atom. The molecule has 3 N–H and O–H groups in total. The van der Waals surface area contributed by atoms with Crippen molar-refractivity contribution in [3.8, 4) is 0 Å². The fraction of sp³-hybridized carbons (Fsp3) is 0.833. The lowest BCUT2D eigenvalue weighted by atomic mass is 10.5. The summed E-state index contributed by atoms with van der Waals surface area (Å²) < 4.78 is 4.25. The van der Waals surface area contributed by atoms with Crippen LogP contribution < -0.4 is 0 Å². The highest BCUT2D eigenvalue weighted by Gasteiger charge is 1.83. The molecule has 0 saturated heterocycles. The topological polar surface area (TPSA) is 87.0 Å². The molecule has 0 atom stereocenters. The first-order valence-corrected chi connectivity index (χ1v) is 2.94. The van der Waals surface area contributed by atoms with Gasteiger partial charge in [0.1, 0.15) is 0 Å². The molecule has 70 valence electrons. The minimum absolute atomic E-state index is 0.250. The van der Waals surface area contributed by atoms with Gasteiger partial charge in [0.15, 0.2) is 6.29 Å². The van der Waals surface area contributed by atoms with Crippen LogP contribution in [-0.2, 0) is 9.53 Å². The van der Waals surface area contributed by atoms with Crippen LogP contribution >= 0.6 is 0 Å². The van der Waals surface area contributed by atoms with Gasteiger partial charge in [-0.1, -0.05) is 6.92 Å². The number of carboxylic acid groups (broad SMARTS) is 1. The van der Waals surface area contributed by atoms with Gasteiger partial charge in [-0.3, -0.25) is 4.79 Å². The lowest BCUT2D eigenvalue weighted by molar-refractivity contribution is -0.122. The van der Waals surface area contributed by atoms with E-state index in [9.17, 15) is 0 Å². The van der Waals surface area contributed by atoms with Gasteiger partial charge in [0, 0.05) is 14.2 Å². The second-order valence-electron chi connectivity index (χ2n) is 1.40. The van der Waals surface area contributed by atoms with Crippen molar-refractivity contribution in [3.05, 3.63) is 0 Å². The number of methoxy groups -OCH3 is 1. The van der Waals surface area contributed by atoms with Crippen molar-refractivity contribution in [2.24, 2.45) is 0 Å². The molecule has 0 amide bonds. The summed E-state index contributed by atoms with van der Waals surface area (Å²) in [5, 5.41) is 22.7. The molecule has 0 heterocycles. The number of aliphatic hydroxyl groups excluding tert-OH is 1. The lowest BCUT2D eigenvalue weighted by Gasteiger charge is -1.90. The van der Waals surface area contributed by atoms with Crippen molar-refractivity contribution in [3.63, 3.8) is 0 Å². The summed E-state index contributed by atoms with van der Waals surface area (Å²) in [6, 6.07) is 0. The molecule has 11 heavy (non-hydrogen) atoms. The van der Waals surface area contributed by atoms with Crippen LogP contribution in [0.25, 0.3) is 0 Å². The molecule has 0 unspecified atom stereocenters. The van der Waals surface area contributed by atoms with Gasteiger partial charge >= 0.3 is 0 Å². The molecule has 5 nitrogen and oxygen atoms in total. The molecule has 0 aromatic heterocycles. The Labute approximate surface area is 66.2 Å². The molecule has 0 saturated carbocycles. The molecule has 0 aromatic rings. The van der Waals surface area contributed by atoms with Crippen LogP contribution in [0.5, 0.6) is 0 Å². The van der Waals surface area contributed by atoms with E-state index in [1.807, 2.05) is 0 Å². The molecule has 0 aromatic carbocycles. The van der Waals surface area contributed by atoms with E-state index in [0.29, 0.717) is 6.42 Å². The molecule has 0 spiro atoms. The average molecular weight is 168 g/mol. The summed E-state index contributed by atoms with van der Waals surface area (Å²) in [6.07, 6.45) is -0.699. The quantitative estimate of drug-likeness (QED) is 0.368. The smallest absolute Gasteiger partial charge is 0.290 e. The number of hydrogen-bond donors (Lipinski definition) is 3. The van der Waals surface area contributed by atoms with Crippen molar-refractivity contribution in [1.82, 2.24) is 0 Å². The third kappa shape index (κ3) is 277. The van der Waals surface area contributed by atoms with E-state index in [-0.39, 0.29) is 6.47 Å². The summed E-state index contributed by atoms with van der Waals surface area (Å²) in [6.45, 7) is 1.45. The highest BCUT2D eigenvalue weighted by atomic mass is 16.5. The fourth-order valence-electron chi connectivity index (χ4n) is 0. The Bertz CT molecular complexity index is 54.9. The van der Waals surface area contributed by atoms with Crippen LogP contribution in [0.4, 0.5) is 0 Å². The van der Waals surface area contributed by atoms with Crippen molar-refractivity contribution in [2.45, 2.75) is 19.6 Å². The molecular weight excluding hydrogens is 152 g/mol. The largest absolute Gasteiger partial charge is 0.483 e. The third-order valence-electron chi connectivity index (χ3n) is 0.365. The maximum atomic E-state index is 8.36. The summed E-state index contributed by atoms with van der Waals surface area (Å²) in [4.78, 5) is 8.36. The number of carbonyl (C=O) groups is 1. The second-order valence-corrected chi connectivity index (χ2v) is 1.40. The standard InChI is InChI=1S/C3H8O2.C2H6O.CH2O2/c1-2-3(4)5;1-3-2;2-1-3/h3-5H,2H2,1H3;1-2H3;1H,(H,2,3). The van der Waals surface area contributed by atoms with E-state index in [1.54, 1.807) is 21.1 Å². The Morgan fingerprint density at radius 2 is 1.55 bits per heavy atom. The van der Waals surface area contributed by atoms with Crippen molar-refractivity contribution < 1.29 is 24.9 Å². The minimum Gasteiger partial charge on any atom is -0.483 e. The molecule has 0 fully saturated rings. The highest BCUT2D eigenvalue weighted by molar-refractivity contribution is 5.32. The van der Waals surface area contributed by atoms with Gasteiger partial charge in [0.2, 0.25) is 0 Å². The van der Waals surface area contributed by atoms with Crippen LogP contribution in [-0.4, -0.2) is 42.3 Å². The highest BCUT2D eigenvalue weighted by Crippen LogP contribution is 1.77. The zero-order valence-corrected chi connectivity index (χ0v) is 7.02. The molecule has 0 aliphatic heterocycles. The zero-order chi connectivity index (χ0) is 9.70. The van der Waals surface area contributed by atoms with Gasteiger partial charge in [-0.2, -0.15) is 0 Å². The molecule has 5 heteroatoms. The number of rotatable bonds is 1. The van der Waals surface area contributed by atoms with E-state index >= 15 is 0 Å². The van der Waals surface area contributed by atoms with Gasteiger partial charge in [-0.15, -0.1) is 0 Å². The molecule has 0 radical (unpaired) electrons. The Balaban J connectivity index is -0.0000000933. The Kier molecular flexibility index (Phi) is 34.7. The predicted octanol–water partition coefficient (Wildman–Crippen LogP) is -0.330. The lowest BCUT2D eigenvalue weighted by Crippen LogP contribution is -1.99. The molecule has 0 aliphatic carbocycles.